The van der Waals surface area contributed by atoms with Gasteiger partial charge in [-0.2, -0.15) is 4.98 Å². The van der Waals surface area contributed by atoms with Crippen molar-refractivity contribution in [3.05, 3.63) is 89.5 Å². The van der Waals surface area contributed by atoms with E-state index in [9.17, 15) is 9.18 Å². The van der Waals surface area contributed by atoms with E-state index in [4.69, 9.17) is 4.74 Å². The van der Waals surface area contributed by atoms with E-state index in [0.717, 1.165) is 11.4 Å². The number of rotatable bonds is 5. The van der Waals surface area contributed by atoms with Crippen molar-refractivity contribution in [3.63, 3.8) is 0 Å². The van der Waals surface area contributed by atoms with Crippen LogP contribution in [0.3, 0.4) is 0 Å². The van der Waals surface area contributed by atoms with Crippen molar-refractivity contribution in [2.75, 3.05) is 5.32 Å². The molecular weight excluding hydrogens is 397 g/mol. The number of imidazole rings is 1. The molecule has 0 aliphatic rings. The molecule has 31 heavy (non-hydrogen) atoms. The number of nitrogens with one attached hydrogen (secondary N) is 1. The normalized spacial score (nSPS) is 10.7. The smallest absolute Gasteiger partial charge is 0.255 e. The fourth-order valence-corrected chi connectivity index (χ4v) is 2.96. The third-order valence-electron chi connectivity index (χ3n) is 4.74. The molecule has 0 radical (unpaired) electrons. The van der Waals surface area contributed by atoms with Crippen LogP contribution in [0.1, 0.15) is 27.6 Å². The van der Waals surface area contributed by atoms with E-state index < -0.39 is 0 Å². The van der Waals surface area contributed by atoms with Crippen molar-refractivity contribution >= 4 is 11.6 Å². The third kappa shape index (κ3) is 4.58. The summed E-state index contributed by atoms with van der Waals surface area (Å²) >= 11 is 0. The number of amides is 1. The third-order valence-corrected chi connectivity index (χ3v) is 4.74. The van der Waals surface area contributed by atoms with Gasteiger partial charge in [0.1, 0.15) is 29.5 Å². The van der Waals surface area contributed by atoms with Gasteiger partial charge in [-0.1, -0.05) is 0 Å². The summed E-state index contributed by atoms with van der Waals surface area (Å²) in [4.78, 5) is 25.4. The van der Waals surface area contributed by atoms with Crippen LogP contribution >= 0.6 is 0 Å². The van der Waals surface area contributed by atoms with Gasteiger partial charge in [0.15, 0.2) is 0 Å². The van der Waals surface area contributed by atoms with E-state index in [-0.39, 0.29) is 11.7 Å². The molecule has 2 heterocycles. The lowest BCUT2D eigenvalue weighted by molar-refractivity contribution is 0.102. The van der Waals surface area contributed by atoms with Crippen LogP contribution in [-0.2, 0) is 0 Å². The van der Waals surface area contributed by atoms with Crippen LogP contribution in [0.25, 0.3) is 5.82 Å². The van der Waals surface area contributed by atoms with Crippen molar-refractivity contribution in [3.8, 4) is 17.4 Å². The second kappa shape index (κ2) is 8.35. The van der Waals surface area contributed by atoms with Crippen LogP contribution in [-0.4, -0.2) is 25.4 Å². The second-order valence-corrected chi connectivity index (χ2v) is 6.98. The van der Waals surface area contributed by atoms with Crippen molar-refractivity contribution in [2.45, 2.75) is 20.8 Å². The van der Waals surface area contributed by atoms with Crippen LogP contribution in [0, 0.1) is 26.6 Å². The molecule has 0 bridgehead atoms. The lowest BCUT2D eigenvalue weighted by Crippen LogP contribution is -2.11. The quantitative estimate of drug-likeness (QED) is 0.506. The van der Waals surface area contributed by atoms with Crippen molar-refractivity contribution in [1.29, 1.82) is 0 Å². The summed E-state index contributed by atoms with van der Waals surface area (Å²) < 4.78 is 20.8. The molecule has 0 fully saturated rings. The Kier molecular flexibility index (Phi) is 5.44. The SMILES string of the molecule is Cc1nc(Oc2ccc(NC(=O)c3ccc(F)cc3)cc2)cc(-n2cnc(C)c2C)n1. The summed E-state index contributed by atoms with van der Waals surface area (Å²) in [7, 11) is 0. The standard InChI is InChI=1S/C23H20FN5O2/c1-14-15(2)29(13-25-14)21-12-22(27-16(3)26-21)31-20-10-8-19(9-11-20)28-23(30)17-4-6-18(24)7-5-17/h4-13H,1-3H3,(H,28,30). The molecule has 0 aliphatic heterocycles. The Balaban J connectivity index is 1.48. The molecule has 156 valence electrons. The second-order valence-electron chi connectivity index (χ2n) is 6.98. The van der Waals surface area contributed by atoms with Gasteiger partial charge in [-0.25, -0.2) is 14.4 Å². The number of aryl methyl sites for hydroxylation is 2. The maximum atomic E-state index is 13.0. The van der Waals surface area contributed by atoms with Crippen LogP contribution in [0.4, 0.5) is 10.1 Å². The lowest BCUT2D eigenvalue weighted by Gasteiger charge is -2.10. The Morgan fingerprint density at radius 3 is 2.35 bits per heavy atom. The van der Waals surface area contributed by atoms with Gasteiger partial charge in [0, 0.05) is 23.0 Å². The van der Waals surface area contributed by atoms with Crippen LogP contribution in [0.2, 0.25) is 0 Å². The number of hydrogen-bond donors (Lipinski definition) is 1. The van der Waals surface area contributed by atoms with Gasteiger partial charge in [0.25, 0.3) is 5.91 Å². The molecule has 1 amide bonds. The average molecular weight is 417 g/mol. The van der Waals surface area contributed by atoms with Gasteiger partial charge in [-0.05, 0) is 69.3 Å². The summed E-state index contributed by atoms with van der Waals surface area (Å²) in [6.45, 7) is 5.70. The van der Waals surface area contributed by atoms with Crippen molar-refractivity contribution in [1.82, 2.24) is 19.5 Å². The monoisotopic (exact) mass is 417 g/mol. The molecule has 2 aromatic heterocycles. The summed E-state index contributed by atoms with van der Waals surface area (Å²) in [5.41, 5.74) is 2.88. The Hall–Kier alpha value is -4.07. The van der Waals surface area contributed by atoms with E-state index in [1.807, 2.05) is 18.4 Å². The van der Waals surface area contributed by atoms with Crippen molar-refractivity contribution < 1.29 is 13.9 Å². The molecule has 0 atom stereocenters. The maximum Gasteiger partial charge on any atom is 0.255 e. The molecule has 1 N–H and O–H groups in total. The first kappa shape index (κ1) is 20.2. The zero-order valence-corrected chi connectivity index (χ0v) is 17.3. The number of carbonyl (C=O) groups excluding carboxylic acids is 1. The molecule has 0 aliphatic carbocycles. The number of anilines is 1. The molecule has 8 heteroatoms. The van der Waals surface area contributed by atoms with E-state index in [1.54, 1.807) is 43.6 Å². The maximum absolute atomic E-state index is 13.0. The minimum absolute atomic E-state index is 0.323. The lowest BCUT2D eigenvalue weighted by atomic mass is 10.2. The number of carbonyl (C=O) groups is 1. The highest BCUT2D eigenvalue weighted by molar-refractivity contribution is 6.04. The van der Waals surface area contributed by atoms with Gasteiger partial charge in [-0.3, -0.25) is 9.36 Å². The van der Waals surface area contributed by atoms with Crippen LogP contribution in [0.5, 0.6) is 11.6 Å². The Bertz CT molecular complexity index is 1230. The molecule has 2 aromatic carbocycles. The predicted octanol–water partition coefficient (Wildman–Crippen LogP) is 4.77. The highest BCUT2D eigenvalue weighted by Gasteiger charge is 2.11. The number of benzene rings is 2. The zero-order valence-electron chi connectivity index (χ0n) is 17.3. The van der Waals surface area contributed by atoms with Gasteiger partial charge >= 0.3 is 0 Å². The highest BCUT2D eigenvalue weighted by Crippen LogP contribution is 2.24. The van der Waals surface area contributed by atoms with E-state index in [0.29, 0.717) is 34.5 Å². The number of halogens is 1. The average Bonchev–Trinajstić information content (AvgIpc) is 3.08. The van der Waals surface area contributed by atoms with Crippen molar-refractivity contribution in [2.24, 2.45) is 0 Å². The first-order valence-corrected chi connectivity index (χ1v) is 9.60. The van der Waals surface area contributed by atoms with Gasteiger partial charge < -0.3 is 10.1 Å². The first-order valence-electron chi connectivity index (χ1n) is 9.60. The topological polar surface area (TPSA) is 81.9 Å². The van der Waals surface area contributed by atoms with Gasteiger partial charge in [0.05, 0.1) is 5.69 Å². The minimum Gasteiger partial charge on any atom is -0.439 e. The number of hydrogen-bond acceptors (Lipinski definition) is 5. The molecule has 0 unspecified atom stereocenters. The summed E-state index contributed by atoms with van der Waals surface area (Å²) in [5.74, 6) is 1.49. The Labute approximate surface area is 178 Å². The summed E-state index contributed by atoms with van der Waals surface area (Å²) in [6, 6.07) is 14.0. The van der Waals surface area contributed by atoms with Gasteiger partial charge in [0.2, 0.25) is 5.88 Å². The Morgan fingerprint density at radius 2 is 1.71 bits per heavy atom. The molecule has 0 saturated heterocycles. The van der Waals surface area contributed by atoms with Gasteiger partial charge in [-0.15, -0.1) is 0 Å². The molecule has 0 spiro atoms. The first-order chi connectivity index (χ1) is 14.9. The van der Waals surface area contributed by atoms with E-state index in [1.165, 1.54) is 24.3 Å². The fraction of sp³-hybridized carbons (Fsp3) is 0.130. The summed E-state index contributed by atoms with van der Waals surface area (Å²) in [6.07, 6.45) is 1.72. The zero-order chi connectivity index (χ0) is 22.0. The predicted molar refractivity (Wildman–Crippen MR) is 114 cm³/mol. The molecule has 7 nitrogen and oxygen atoms in total. The van der Waals surface area contributed by atoms with E-state index >= 15 is 0 Å². The molecule has 0 saturated carbocycles. The molecular formula is C23H20FN5O2. The van der Waals surface area contributed by atoms with Crippen LogP contribution < -0.4 is 10.1 Å². The van der Waals surface area contributed by atoms with Crippen LogP contribution in [0.15, 0.2) is 60.9 Å². The number of nitrogens with zero attached hydrogens (tertiary/aromatic N) is 4. The fourth-order valence-electron chi connectivity index (χ4n) is 2.96. The summed E-state index contributed by atoms with van der Waals surface area (Å²) in [5, 5.41) is 2.76. The molecule has 4 aromatic rings. The Morgan fingerprint density at radius 1 is 1.00 bits per heavy atom. The molecule has 4 rings (SSSR count). The number of ether oxygens (including phenoxy) is 1. The number of aromatic nitrogens is 4. The largest absolute Gasteiger partial charge is 0.439 e. The van der Waals surface area contributed by atoms with E-state index in [2.05, 4.69) is 20.3 Å². The highest BCUT2D eigenvalue weighted by atomic mass is 19.1. The minimum atomic E-state index is -0.389.